The Hall–Kier alpha value is -0.570. The second kappa shape index (κ2) is 5.85. The van der Waals surface area contributed by atoms with Crippen LogP contribution in [0, 0.1) is 11.3 Å². The Morgan fingerprint density at radius 3 is 2.41 bits per heavy atom. The number of nitrogens with one attached hydrogen (secondary N) is 1. The van der Waals surface area contributed by atoms with E-state index < -0.39 is 5.97 Å². The fourth-order valence-electron chi connectivity index (χ4n) is 2.99. The van der Waals surface area contributed by atoms with Crippen molar-refractivity contribution in [3.8, 4) is 0 Å². The average molecular weight is 241 g/mol. The molecule has 3 heteroatoms. The minimum Gasteiger partial charge on any atom is -0.480 e. The Balaban J connectivity index is 2.68. The van der Waals surface area contributed by atoms with Crippen LogP contribution < -0.4 is 5.32 Å². The van der Waals surface area contributed by atoms with Gasteiger partial charge in [-0.25, -0.2) is 0 Å². The second-order valence-electron chi connectivity index (χ2n) is 6.33. The summed E-state index contributed by atoms with van der Waals surface area (Å²) in [6.45, 7) is 8.72. The van der Waals surface area contributed by atoms with Crippen LogP contribution in [0.4, 0.5) is 0 Å². The maximum absolute atomic E-state index is 11.1. The van der Waals surface area contributed by atoms with Gasteiger partial charge in [0, 0.05) is 6.04 Å². The van der Waals surface area contributed by atoms with Gasteiger partial charge in [-0.05, 0) is 30.6 Å². The predicted molar refractivity (Wildman–Crippen MR) is 70.1 cm³/mol. The maximum Gasteiger partial charge on any atom is 0.320 e. The Morgan fingerprint density at radius 2 is 1.94 bits per heavy atom. The number of carboxylic acid groups (broad SMARTS) is 1. The number of rotatable bonds is 4. The minimum atomic E-state index is -0.717. The van der Waals surface area contributed by atoms with Gasteiger partial charge in [-0.2, -0.15) is 0 Å². The van der Waals surface area contributed by atoms with Gasteiger partial charge in [0.25, 0.3) is 0 Å². The first-order valence-corrected chi connectivity index (χ1v) is 6.85. The van der Waals surface area contributed by atoms with Crippen LogP contribution >= 0.6 is 0 Å². The number of aliphatic carboxylic acids is 1. The van der Waals surface area contributed by atoms with Crippen molar-refractivity contribution in [2.75, 3.05) is 0 Å². The number of carbonyl (C=O) groups is 1. The van der Waals surface area contributed by atoms with Gasteiger partial charge >= 0.3 is 5.97 Å². The molecule has 3 unspecified atom stereocenters. The predicted octanol–water partition coefficient (Wildman–Crippen LogP) is 3.04. The summed E-state index contributed by atoms with van der Waals surface area (Å²) in [4.78, 5) is 11.1. The van der Waals surface area contributed by atoms with Gasteiger partial charge in [0.05, 0.1) is 0 Å². The summed E-state index contributed by atoms with van der Waals surface area (Å²) in [6.07, 6.45) is 5.50. The molecule has 1 fully saturated rings. The van der Waals surface area contributed by atoms with E-state index >= 15 is 0 Å². The van der Waals surface area contributed by atoms with Gasteiger partial charge in [0.1, 0.15) is 6.04 Å². The van der Waals surface area contributed by atoms with E-state index in [9.17, 15) is 4.79 Å². The van der Waals surface area contributed by atoms with Gasteiger partial charge < -0.3 is 10.4 Å². The van der Waals surface area contributed by atoms with E-state index in [1.165, 1.54) is 19.3 Å². The van der Waals surface area contributed by atoms with Crippen LogP contribution in [0.1, 0.15) is 59.8 Å². The summed E-state index contributed by atoms with van der Waals surface area (Å²) >= 11 is 0. The molecule has 1 saturated carbocycles. The number of hydrogen-bond donors (Lipinski definition) is 2. The third kappa shape index (κ3) is 3.98. The maximum atomic E-state index is 11.1. The first kappa shape index (κ1) is 14.5. The molecule has 0 saturated heterocycles. The SMILES string of the molecule is CCC(NC1CCCCC1C(C)(C)C)C(=O)O. The van der Waals surface area contributed by atoms with E-state index in [0.717, 1.165) is 6.42 Å². The molecule has 0 spiro atoms. The molecule has 0 radical (unpaired) electrons. The highest BCUT2D eigenvalue weighted by Crippen LogP contribution is 2.38. The molecule has 100 valence electrons. The highest BCUT2D eigenvalue weighted by Gasteiger charge is 2.35. The molecule has 1 rings (SSSR count). The van der Waals surface area contributed by atoms with Crippen molar-refractivity contribution in [2.45, 2.75) is 71.9 Å². The molecule has 0 aliphatic heterocycles. The van der Waals surface area contributed by atoms with Gasteiger partial charge in [0.2, 0.25) is 0 Å². The van der Waals surface area contributed by atoms with Crippen LogP contribution in [0.15, 0.2) is 0 Å². The van der Waals surface area contributed by atoms with Crippen molar-refractivity contribution < 1.29 is 9.90 Å². The van der Waals surface area contributed by atoms with Crippen LogP contribution in [0.2, 0.25) is 0 Å². The van der Waals surface area contributed by atoms with Gasteiger partial charge in [-0.15, -0.1) is 0 Å². The van der Waals surface area contributed by atoms with E-state index in [4.69, 9.17) is 5.11 Å². The molecule has 0 aromatic heterocycles. The van der Waals surface area contributed by atoms with Crippen LogP contribution in [0.25, 0.3) is 0 Å². The lowest BCUT2D eigenvalue weighted by Crippen LogP contribution is -2.50. The summed E-state index contributed by atoms with van der Waals surface area (Å²) < 4.78 is 0. The monoisotopic (exact) mass is 241 g/mol. The van der Waals surface area contributed by atoms with Crippen molar-refractivity contribution in [2.24, 2.45) is 11.3 Å². The van der Waals surface area contributed by atoms with E-state index in [2.05, 4.69) is 26.1 Å². The molecule has 1 aliphatic rings. The normalized spacial score (nSPS) is 27.8. The molecule has 1 aliphatic carbocycles. The molecule has 3 atom stereocenters. The zero-order chi connectivity index (χ0) is 13.1. The summed E-state index contributed by atoms with van der Waals surface area (Å²) in [5.41, 5.74) is 0.259. The quantitative estimate of drug-likeness (QED) is 0.795. The topological polar surface area (TPSA) is 49.3 Å². The molecule has 2 N–H and O–H groups in total. The molecule has 17 heavy (non-hydrogen) atoms. The zero-order valence-corrected chi connectivity index (χ0v) is 11.6. The van der Waals surface area contributed by atoms with Crippen molar-refractivity contribution in [3.63, 3.8) is 0 Å². The Labute approximate surface area is 105 Å². The van der Waals surface area contributed by atoms with Gasteiger partial charge in [0.15, 0.2) is 0 Å². The first-order chi connectivity index (χ1) is 7.86. The number of carboxylic acids is 1. The fraction of sp³-hybridized carbons (Fsp3) is 0.929. The third-order valence-electron chi connectivity index (χ3n) is 4.00. The van der Waals surface area contributed by atoms with Crippen molar-refractivity contribution >= 4 is 5.97 Å². The van der Waals surface area contributed by atoms with Crippen LogP contribution in [0.5, 0.6) is 0 Å². The summed E-state index contributed by atoms with van der Waals surface area (Å²) in [6, 6.07) is -0.0206. The van der Waals surface area contributed by atoms with Crippen molar-refractivity contribution in [1.29, 1.82) is 0 Å². The largest absolute Gasteiger partial charge is 0.480 e. The van der Waals surface area contributed by atoms with Crippen molar-refractivity contribution in [3.05, 3.63) is 0 Å². The van der Waals surface area contributed by atoms with Crippen LogP contribution in [-0.4, -0.2) is 23.2 Å². The van der Waals surface area contributed by atoms with Crippen molar-refractivity contribution in [1.82, 2.24) is 5.32 Å². The van der Waals surface area contributed by atoms with Gasteiger partial charge in [-0.1, -0.05) is 40.5 Å². The third-order valence-corrected chi connectivity index (χ3v) is 4.00. The standard InChI is InChI=1S/C14H27NO2/c1-5-11(13(16)17)15-12-9-7-6-8-10(12)14(2,3)4/h10-12,15H,5-9H2,1-4H3,(H,16,17). The van der Waals surface area contributed by atoms with Gasteiger partial charge in [-0.3, -0.25) is 4.79 Å². The zero-order valence-electron chi connectivity index (χ0n) is 11.6. The molecule has 0 aromatic rings. The average Bonchev–Trinajstić information content (AvgIpc) is 2.24. The fourth-order valence-corrected chi connectivity index (χ4v) is 2.99. The van der Waals surface area contributed by atoms with E-state index in [0.29, 0.717) is 18.4 Å². The van der Waals surface area contributed by atoms with Crippen LogP contribution in [-0.2, 0) is 4.79 Å². The lowest BCUT2D eigenvalue weighted by atomic mass is 9.69. The molecular weight excluding hydrogens is 214 g/mol. The van der Waals surface area contributed by atoms with E-state index in [1.54, 1.807) is 0 Å². The minimum absolute atomic E-state index is 0.259. The summed E-state index contributed by atoms with van der Waals surface area (Å²) in [5.74, 6) is -0.129. The highest BCUT2D eigenvalue weighted by molar-refractivity contribution is 5.73. The smallest absolute Gasteiger partial charge is 0.320 e. The van der Waals surface area contributed by atoms with E-state index in [1.807, 2.05) is 6.92 Å². The summed E-state index contributed by atoms with van der Waals surface area (Å²) in [7, 11) is 0. The molecule has 0 aromatic carbocycles. The highest BCUT2D eigenvalue weighted by atomic mass is 16.4. The molecule has 3 nitrogen and oxygen atoms in total. The second-order valence-corrected chi connectivity index (χ2v) is 6.33. The van der Waals surface area contributed by atoms with Crippen LogP contribution in [0.3, 0.4) is 0 Å². The first-order valence-electron chi connectivity index (χ1n) is 6.85. The Kier molecular flexibility index (Phi) is 4.99. The van der Waals surface area contributed by atoms with E-state index in [-0.39, 0.29) is 11.5 Å². The number of hydrogen-bond acceptors (Lipinski definition) is 2. The lowest BCUT2D eigenvalue weighted by Gasteiger charge is -2.42. The summed E-state index contributed by atoms with van der Waals surface area (Å²) in [5, 5.41) is 12.5. The molecule has 0 bridgehead atoms. The Bertz CT molecular complexity index is 257. The molecular formula is C14H27NO2. The molecule has 0 heterocycles. The Morgan fingerprint density at radius 1 is 1.35 bits per heavy atom. The molecule has 0 amide bonds. The lowest BCUT2D eigenvalue weighted by molar-refractivity contribution is -0.140.